The van der Waals surface area contributed by atoms with Gasteiger partial charge in [-0.25, -0.2) is 4.79 Å². The summed E-state index contributed by atoms with van der Waals surface area (Å²) in [6.07, 6.45) is 2.02. The van der Waals surface area contributed by atoms with Crippen LogP contribution in [0.4, 0.5) is 10.5 Å². The zero-order chi connectivity index (χ0) is 21.8. The highest BCUT2D eigenvalue weighted by molar-refractivity contribution is 5.93. The second kappa shape index (κ2) is 9.22. The van der Waals surface area contributed by atoms with E-state index in [1.807, 2.05) is 52.3 Å². The van der Waals surface area contributed by atoms with E-state index in [0.29, 0.717) is 37.5 Å². The molecule has 0 spiro atoms. The van der Waals surface area contributed by atoms with Crippen LogP contribution < -0.4 is 4.90 Å². The number of likely N-dealkylation sites (tertiary alicyclic amines) is 1. The molecule has 0 saturated carbocycles. The number of rotatable bonds is 4. The van der Waals surface area contributed by atoms with E-state index in [4.69, 9.17) is 0 Å². The SMILES string of the molecule is CC1CN(c2cccc(C#N)c2)C(=O)N(C2CCN(C(=O)Cc3ccccc3)CC2)C1. The Hall–Kier alpha value is -3.33. The molecule has 2 aliphatic rings. The summed E-state index contributed by atoms with van der Waals surface area (Å²) in [7, 11) is 0. The molecule has 2 aromatic carbocycles. The molecule has 1 unspecified atom stereocenters. The number of hydrogen-bond acceptors (Lipinski definition) is 3. The average molecular weight is 417 g/mol. The Labute approximate surface area is 183 Å². The first-order valence-corrected chi connectivity index (χ1v) is 10.9. The maximum absolute atomic E-state index is 13.3. The van der Waals surface area contributed by atoms with Gasteiger partial charge in [0.2, 0.25) is 5.91 Å². The monoisotopic (exact) mass is 416 g/mol. The van der Waals surface area contributed by atoms with Crippen LogP contribution >= 0.6 is 0 Å². The molecule has 0 aliphatic carbocycles. The molecule has 2 saturated heterocycles. The van der Waals surface area contributed by atoms with Crippen molar-refractivity contribution in [3.05, 3.63) is 65.7 Å². The third-order valence-corrected chi connectivity index (χ3v) is 6.22. The predicted octanol–water partition coefficient (Wildman–Crippen LogP) is 3.67. The van der Waals surface area contributed by atoms with Crippen LogP contribution in [0, 0.1) is 17.2 Å². The van der Waals surface area contributed by atoms with Crippen LogP contribution in [-0.2, 0) is 11.2 Å². The number of anilines is 1. The number of benzene rings is 2. The summed E-state index contributed by atoms with van der Waals surface area (Å²) in [5, 5.41) is 9.20. The first-order chi connectivity index (χ1) is 15.0. The zero-order valence-corrected chi connectivity index (χ0v) is 17.9. The van der Waals surface area contributed by atoms with Gasteiger partial charge in [-0.05, 0) is 42.5 Å². The van der Waals surface area contributed by atoms with Crippen LogP contribution in [-0.4, -0.2) is 54.0 Å². The maximum Gasteiger partial charge on any atom is 0.324 e. The van der Waals surface area contributed by atoms with Crippen LogP contribution in [0.5, 0.6) is 0 Å². The third-order valence-electron chi connectivity index (χ3n) is 6.22. The molecule has 2 aliphatic heterocycles. The summed E-state index contributed by atoms with van der Waals surface area (Å²) in [6.45, 7) is 4.89. The number of piperidine rings is 1. The Morgan fingerprint density at radius 1 is 1.06 bits per heavy atom. The van der Waals surface area contributed by atoms with Gasteiger partial charge in [0.05, 0.1) is 18.1 Å². The Kier molecular flexibility index (Phi) is 6.22. The minimum atomic E-state index is 0.00209. The van der Waals surface area contributed by atoms with Gasteiger partial charge in [0.1, 0.15) is 0 Å². The lowest BCUT2D eigenvalue weighted by Gasteiger charge is -2.45. The summed E-state index contributed by atoms with van der Waals surface area (Å²) >= 11 is 0. The molecule has 2 aromatic rings. The van der Waals surface area contributed by atoms with Crippen molar-refractivity contribution in [2.24, 2.45) is 5.92 Å². The van der Waals surface area contributed by atoms with E-state index >= 15 is 0 Å². The number of hydrogen-bond donors (Lipinski definition) is 0. The Bertz CT molecular complexity index is 977. The fraction of sp³-hybridized carbons (Fsp3) is 0.400. The van der Waals surface area contributed by atoms with Gasteiger partial charge in [0.15, 0.2) is 0 Å². The van der Waals surface area contributed by atoms with E-state index < -0.39 is 0 Å². The molecule has 3 amide bonds. The minimum Gasteiger partial charge on any atom is -0.342 e. The van der Waals surface area contributed by atoms with Gasteiger partial charge in [0, 0.05) is 37.9 Å². The van der Waals surface area contributed by atoms with E-state index in [2.05, 4.69) is 13.0 Å². The molecule has 2 heterocycles. The van der Waals surface area contributed by atoms with Crippen molar-refractivity contribution in [2.45, 2.75) is 32.2 Å². The molecule has 6 heteroatoms. The molecule has 0 radical (unpaired) electrons. The number of amides is 3. The Balaban J connectivity index is 1.40. The number of nitrogens with zero attached hydrogens (tertiary/aromatic N) is 4. The molecule has 160 valence electrons. The van der Waals surface area contributed by atoms with Crippen molar-refractivity contribution in [1.29, 1.82) is 5.26 Å². The van der Waals surface area contributed by atoms with Gasteiger partial charge in [-0.2, -0.15) is 5.26 Å². The standard InChI is InChI=1S/C25H28N4O2/c1-19-17-28(25(31)29(18-19)23-9-5-8-21(14-23)16-26)22-10-12-27(13-11-22)24(30)15-20-6-3-2-4-7-20/h2-9,14,19,22H,10-13,15,17-18H2,1H3. The summed E-state index contributed by atoms with van der Waals surface area (Å²) in [4.78, 5) is 31.7. The van der Waals surface area contributed by atoms with E-state index in [9.17, 15) is 14.9 Å². The van der Waals surface area contributed by atoms with Crippen LogP contribution in [0.25, 0.3) is 0 Å². The largest absolute Gasteiger partial charge is 0.342 e. The average Bonchev–Trinajstić information content (AvgIpc) is 2.81. The van der Waals surface area contributed by atoms with Crippen molar-refractivity contribution in [3.63, 3.8) is 0 Å². The summed E-state index contributed by atoms with van der Waals surface area (Å²) in [6, 6.07) is 19.4. The number of nitriles is 1. The van der Waals surface area contributed by atoms with E-state index in [0.717, 1.165) is 30.6 Å². The number of carbonyl (C=O) groups excluding carboxylic acids is 2. The molecule has 31 heavy (non-hydrogen) atoms. The Morgan fingerprint density at radius 2 is 1.81 bits per heavy atom. The zero-order valence-electron chi connectivity index (χ0n) is 17.9. The van der Waals surface area contributed by atoms with E-state index in [-0.39, 0.29) is 18.0 Å². The summed E-state index contributed by atoms with van der Waals surface area (Å²) in [5.74, 6) is 0.485. The molecule has 4 rings (SSSR count). The number of urea groups is 1. The van der Waals surface area contributed by atoms with Gasteiger partial charge >= 0.3 is 6.03 Å². The Morgan fingerprint density at radius 3 is 2.52 bits per heavy atom. The highest BCUT2D eigenvalue weighted by Gasteiger charge is 2.37. The molecule has 2 fully saturated rings. The first kappa shape index (κ1) is 20.9. The molecule has 0 bridgehead atoms. The van der Waals surface area contributed by atoms with Crippen molar-refractivity contribution in [2.75, 3.05) is 31.1 Å². The van der Waals surface area contributed by atoms with Crippen LogP contribution in [0.1, 0.15) is 30.9 Å². The van der Waals surface area contributed by atoms with Gasteiger partial charge < -0.3 is 9.80 Å². The van der Waals surface area contributed by atoms with Gasteiger partial charge in [0.25, 0.3) is 0 Å². The minimum absolute atomic E-state index is 0.00209. The van der Waals surface area contributed by atoms with Gasteiger partial charge in [-0.3, -0.25) is 9.69 Å². The molecule has 0 aromatic heterocycles. The fourth-order valence-electron chi connectivity index (χ4n) is 4.59. The van der Waals surface area contributed by atoms with Gasteiger partial charge in [-0.1, -0.05) is 43.3 Å². The lowest BCUT2D eigenvalue weighted by molar-refractivity contribution is -0.131. The smallest absolute Gasteiger partial charge is 0.324 e. The molecular formula is C25H28N4O2. The van der Waals surface area contributed by atoms with Crippen molar-refractivity contribution >= 4 is 17.6 Å². The third kappa shape index (κ3) is 4.72. The maximum atomic E-state index is 13.3. The lowest BCUT2D eigenvalue weighted by atomic mass is 9.98. The molecular weight excluding hydrogens is 388 g/mol. The molecule has 6 nitrogen and oxygen atoms in total. The number of carbonyl (C=O) groups is 2. The quantitative estimate of drug-likeness (QED) is 0.764. The second-order valence-corrected chi connectivity index (χ2v) is 8.59. The van der Waals surface area contributed by atoms with Gasteiger partial charge in [-0.15, -0.1) is 0 Å². The highest BCUT2D eigenvalue weighted by Crippen LogP contribution is 2.28. The van der Waals surface area contributed by atoms with Crippen molar-refractivity contribution in [3.8, 4) is 6.07 Å². The van der Waals surface area contributed by atoms with E-state index in [1.54, 1.807) is 17.0 Å². The first-order valence-electron chi connectivity index (χ1n) is 10.9. The summed E-state index contributed by atoms with van der Waals surface area (Å²) in [5.41, 5.74) is 2.36. The van der Waals surface area contributed by atoms with E-state index in [1.165, 1.54) is 0 Å². The van der Waals surface area contributed by atoms with Crippen molar-refractivity contribution in [1.82, 2.24) is 9.80 Å². The lowest BCUT2D eigenvalue weighted by Crippen LogP contribution is -2.58. The van der Waals surface area contributed by atoms with Crippen LogP contribution in [0.15, 0.2) is 54.6 Å². The summed E-state index contributed by atoms with van der Waals surface area (Å²) < 4.78 is 0. The molecule has 0 N–H and O–H groups in total. The van der Waals surface area contributed by atoms with Crippen LogP contribution in [0.2, 0.25) is 0 Å². The normalized spacial score (nSPS) is 19.9. The molecule has 1 atom stereocenters. The second-order valence-electron chi connectivity index (χ2n) is 8.59. The predicted molar refractivity (Wildman–Crippen MR) is 120 cm³/mol. The fourth-order valence-corrected chi connectivity index (χ4v) is 4.59. The topological polar surface area (TPSA) is 67.7 Å². The van der Waals surface area contributed by atoms with Crippen LogP contribution in [0.3, 0.4) is 0 Å². The highest BCUT2D eigenvalue weighted by atomic mass is 16.2. The van der Waals surface area contributed by atoms with Crippen molar-refractivity contribution < 1.29 is 9.59 Å².